The third-order valence-electron chi connectivity index (χ3n) is 4.86. The molecule has 0 spiro atoms. The largest absolute Gasteiger partial charge is 0.378 e. The minimum Gasteiger partial charge on any atom is -0.378 e. The molecule has 2 fully saturated rings. The minimum absolute atomic E-state index is 0.126. The number of nitrogens with zero attached hydrogens (tertiary/aromatic N) is 4. The number of morpholine rings is 1. The van der Waals surface area contributed by atoms with E-state index in [1.54, 1.807) is 0 Å². The van der Waals surface area contributed by atoms with Gasteiger partial charge in [0.25, 0.3) is 0 Å². The molecule has 1 atom stereocenters. The van der Waals surface area contributed by atoms with Gasteiger partial charge in [-0.2, -0.15) is 0 Å². The van der Waals surface area contributed by atoms with Crippen molar-refractivity contribution in [1.29, 1.82) is 0 Å². The maximum atomic E-state index is 5.73. The van der Waals surface area contributed by atoms with Gasteiger partial charge >= 0.3 is 0 Å². The van der Waals surface area contributed by atoms with Crippen LogP contribution in [0.25, 0.3) is 0 Å². The quantitative estimate of drug-likeness (QED) is 0.865. The van der Waals surface area contributed by atoms with Crippen LogP contribution < -0.4 is 4.90 Å². The molecule has 0 saturated carbocycles. The van der Waals surface area contributed by atoms with E-state index in [1.165, 1.54) is 18.4 Å². The molecule has 0 radical (unpaired) electrons. The molecule has 2 aliphatic heterocycles. The Morgan fingerprint density at radius 1 is 1.04 bits per heavy atom. The lowest BCUT2D eigenvalue weighted by atomic mass is 10.1. The van der Waals surface area contributed by atoms with Gasteiger partial charge < -0.3 is 9.64 Å². The summed E-state index contributed by atoms with van der Waals surface area (Å²) in [6.45, 7) is 5.46. The van der Waals surface area contributed by atoms with Gasteiger partial charge in [-0.15, -0.1) is 0 Å². The lowest BCUT2D eigenvalue weighted by Gasteiger charge is -2.34. The molecular formula is C19H24N4O. The summed E-state index contributed by atoms with van der Waals surface area (Å²) in [7, 11) is 0. The van der Waals surface area contributed by atoms with Crippen molar-refractivity contribution in [2.24, 2.45) is 0 Å². The van der Waals surface area contributed by atoms with Crippen LogP contribution in [0.5, 0.6) is 0 Å². The van der Waals surface area contributed by atoms with Crippen molar-refractivity contribution in [3.8, 4) is 0 Å². The number of hydrogen-bond donors (Lipinski definition) is 0. The SMILES string of the molecule is c1ccc(CN2CCOCC2c2nccc(N3CCCC3)n2)cc1. The zero-order valence-corrected chi connectivity index (χ0v) is 14.0. The summed E-state index contributed by atoms with van der Waals surface area (Å²) < 4.78 is 5.73. The maximum absolute atomic E-state index is 5.73. The summed E-state index contributed by atoms with van der Waals surface area (Å²) in [6.07, 6.45) is 4.41. The lowest BCUT2D eigenvalue weighted by Crippen LogP contribution is -2.40. The van der Waals surface area contributed by atoms with E-state index in [0.29, 0.717) is 6.61 Å². The first-order chi connectivity index (χ1) is 11.9. The van der Waals surface area contributed by atoms with Crippen molar-refractivity contribution in [3.05, 3.63) is 54.0 Å². The minimum atomic E-state index is 0.126. The monoisotopic (exact) mass is 324 g/mol. The van der Waals surface area contributed by atoms with Crippen molar-refractivity contribution >= 4 is 5.82 Å². The number of ether oxygens (including phenoxy) is 1. The summed E-state index contributed by atoms with van der Waals surface area (Å²) in [4.78, 5) is 14.2. The van der Waals surface area contributed by atoms with Crippen LogP contribution >= 0.6 is 0 Å². The van der Waals surface area contributed by atoms with Gasteiger partial charge in [0, 0.05) is 32.4 Å². The fourth-order valence-corrected chi connectivity index (χ4v) is 3.53. The molecule has 1 unspecified atom stereocenters. The first-order valence-corrected chi connectivity index (χ1v) is 8.84. The van der Waals surface area contributed by atoms with E-state index >= 15 is 0 Å². The van der Waals surface area contributed by atoms with Crippen molar-refractivity contribution in [1.82, 2.24) is 14.9 Å². The molecule has 0 bridgehead atoms. The Hall–Kier alpha value is -1.98. The van der Waals surface area contributed by atoms with Gasteiger partial charge in [0.15, 0.2) is 0 Å². The normalized spacial score (nSPS) is 22.0. The number of anilines is 1. The first-order valence-electron chi connectivity index (χ1n) is 8.84. The molecular weight excluding hydrogens is 300 g/mol. The van der Waals surface area contributed by atoms with Crippen LogP contribution in [0.4, 0.5) is 5.82 Å². The molecule has 24 heavy (non-hydrogen) atoms. The van der Waals surface area contributed by atoms with E-state index in [0.717, 1.165) is 44.4 Å². The third kappa shape index (κ3) is 3.42. The van der Waals surface area contributed by atoms with Crippen LogP contribution in [-0.4, -0.2) is 47.7 Å². The maximum Gasteiger partial charge on any atom is 0.150 e. The second-order valence-corrected chi connectivity index (χ2v) is 6.51. The number of aromatic nitrogens is 2. The second kappa shape index (κ2) is 7.28. The van der Waals surface area contributed by atoms with Gasteiger partial charge in [-0.25, -0.2) is 9.97 Å². The van der Waals surface area contributed by atoms with E-state index in [2.05, 4.69) is 45.1 Å². The van der Waals surface area contributed by atoms with Crippen molar-refractivity contribution in [2.45, 2.75) is 25.4 Å². The van der Waals surface area contributed by atoms with Crippen LogP contribution in [-0.2, 0) is 11.3 Å². The molecule has 2 aliphatic rings. The molecule has 4 rings (SSSR count). The highest BCUT2D eigenvalue weighted by Crippen LogP contribution is 2.25. The summed E-state index contributed by atoms with van der Waals surface area (Å²) in [5.41, 5.74) is 1.32. The predicted molar refractivity (Wildman–Crippen MR) is 93.9 cm³/mol. The van der Waals surface area contributed by atoms with Crippen molar-refractivity contribution in [3.63, 3.8) is 0 Å². The van der Waals surface area contributed by atoms with Crippen LogP contribution in [0.3, 0.4) is 0 Å². The first kappa shape index (κ1) is 15.5. The van der Waals surface area contributed by atoms with Crippen LogP contribution in [0, 0.1) is 0 Å². The highest BCUT2D eigenvalue weighted by Gasteiger charge is 2.27. The Balaban J connectivity index is 1.55. The Morgan fingerprint density at radius 3 is 2.71 bits per heavy atom. The molecule has 5 heteroatoms. The Kier molecular flexibility index (Phi) is 4.71. The van der Waals surface area contributed by atoms with Crippen LogP contribution in [0.2, 0.25) is 0 Å². The Morgan fingerprint density at radius 2 is 1.88 bits per heavy atom. The Bertz CT molecular complexity index is 657. The van der Waals surface area contributed by atoms with E-state index in [-0.39, 0.29) is 6.04 Å². The molecule has 0 N–H and O–H groups in total. The third-order valence-corrected chi connectivity index (χ3v) is 4.86. The summed E-state index contributed by atoms with van der Waals surface area (Å²) in [6, 6.07) is 12.7. The standard InChI is InChI=1S/C19H24N4O/c1-2-6-16(7-3-1)14-23-12-13-24-15-17(23)19-20-9-8-18(21-19)22-10-4-5-11-22/h1-3,6-9,17H,4-5,10-15H2. The topological polar surface area (TPSA) is 41.5 Å². The van der Waals surface area contributed by atoms with Crippen molar-refractivity contribution in [2.75, 3.05) is 37.7 Å². The van der Waals surface area contributed by atoms with E-state index in [9.17, 15) is 0 Å². The molecule has 1 aromatic carbocycles. The van der Waals surface area contributed by atoms with Gasteiger partial charge in [-0.1, -0.05) is 30.3 Å². The summed E-state index contributed by atoms with van der Waals surface area (Å²) >= 11 is 0. The molecule has 126 valence electrons. The molecule has 2 saturated heterocycles. The summed E-state index contributed by atoms with van der Waals surface area (Å²) in [5, 5.41) is 0. The molecule has 0 aliphatic carbocycles. The van der Waals surface area contributed by atoms with Gasteiger partial charge in [0.2, 0.25) is 0 Å². The van der Waals surface area contributed by atoms with Crippen molar-refractivity contribution < 1.29 is 4.74 Å². The molecule has 0 amide bonds. The molecule has 1 aromatic heterocycles. The van der Waals surface area contributed by atoms with Gasteiger partial charge in [-0.05, 0) is 24.5 Å². The van der Waals surface area contributed by atoms with Crippen LogP contribution in [0.1, 0.15) is 30.3 Å². The fourth-order valence-electron chi connectivity index (χ4n) is 3.53. The average Bonchev–Trinajstić information content (AvgIpc) is 3.18. The average molecular weight is 324 g/mol. The number of hydrogen-bond acceptors (Lipinski definition) is 5. The molecule has 3 heterocycles. The van der Waals surface area contributed by atoms with Gasteiger partial charge in [0.1, 0.15) is 11.6 Å². The van der Waals surface area contributed by atoms with E-state index < -0.39 is 0 Å². The predicted octanol–water partition coefficient (Wildman–Crippen LogP) is 2.65. The van der Waals surface area contributed by atoms with E-state index in [4.69, 9.17) is 9.72 Å². The second-order valence-electron chi connectivity index (χ2n) is 6.51. The highest BCUT2D eigenvalue weighted by molar-refractivity contribution is 5.38. The highest BCUT2D eigenvalue weighted by atomic mass is 16.5. The van der Waals surface area contributed by atoms with Gasteiger partial charge in [-0.3, -0.25) is 4.90 Å². The summed E-state index contributed by atoms with van der Waals surface area (Å²) in [5.74, 6) is 1.94. The van der Waals surface area contributed by atoms with Gasteiger partial charge in [0.05, 0.1) is 19.3 Å². The smallest absolute Gasteiger partial charge is 0.150 e. The fraction of sp³-hybridized carbons (Fsp3) is 0.474. The zero-order chi connectivity index (χ0) is 16.2. The van der Waals surface area contributed by atoms with E-state index in [1.807, 2.05) is 12.3 Å². The molecule has 5 nitrogen and oxygen atoms in total. The Labute approximate surface area is 143 Å². The lowest BCUT2D eigenvalue weighted by molar-refractivity contribution is -0.0159. The zero-order valence-electron chi connectivity index (χ0n) is 14.0. The number of rotatable bonds is 4. The molecule has 2 aromatic rings. The van der Waals surface area contributed by atoms with Crippen LogP contribution in [0.15, 0.2) is 42.6 Å². The number of benzene rings is 1.